The Bertz CT molecular complexity index is 1430. The predicted molar refractivity (Wildman–Crippen MR) is 145 cm³/mol. The smallest absolute Gasteiger partial charge is 0.253 e. The van der Waals surface area contributed by atoms with Crippen LogP contribution in [0.25, 0.3) is 10.9 Å². The monoisotopic (exact) mass is 532 g/mol. The van der Waals surface area contributed by atoms with Gasteiger partial charge < -0.3 is 14.6 Å². The minimum Gasteiger partial charge on any atom is -0.496 e. The van der Waals surface area contributed by atoms with Crippen molar-refractivity contribution in [2.45, 2.75) is 57.5 Å². The van der Waals surface area contributed by atoms with Crippen molar-refractivity contribution < 1.29 is 18.3 Å². The van der Waals surface area contributed by atoms with E-state index in [1.165, 1.54) is 0 Å². The molecule has 2 aromatic carbocycles. The molecule has 1 saturated carbocycles. The third kappa shape index (κ3) is 4.67. The second kappa shape index (κ2) is 9.63. The third-order valence-electron chi connectivity index (χ3n) is 9.12. The summed E-state index contributed by atoms with van der Waals surface area (Å²) in [7, 11) is 1.69. The Morgan fingerprint density at radius 3 is 2.62 bits per heavy atom. The van der Waals surface area contributed by atoms with Gasteiger partial charge in [0.1, 0.15) is 5.75 Å². The average molecular weight is 533 g/mol. The van der Waals surface area contributed by atoms with Crippen LogP contribution < -0.4 is 4.74 Å². The van der Waals surface area contributed by atoms with E-state index >= 15 is 0 Å². The summed E-state index contributed by atoms with van der Waals surface area (Å²) in [4.78, 5) is 20.4. The van der Waals surface area contributed by atoms with Crippen LogP contribution in [0.5, 0.6) is 5.75 Å². The molecule has 0 unspecified atom stereocenters. The van der Waals surface area contributed by atoms with Crippen LogP contribution in [0, 0.1) is 29.6 Å². The number of H-pyrrole nitrogens is 1. The minimum absolute atomic E-state index is 0.0226. The van der Waals surface area contributed by atoms with Gasteiger partial charge in [0.05, 0.1) is 13.2 Å². The first-order valence-corrected chi connectivity index (χ1v) is 13.7. The SMILES string of the molecule is COc1cc(C)c2[nH]ccc2c1CN1CCC2(C[C@H]1c1ccc(C(=O)N3CC(CC#N)C3)cc1)CC(F)(F)C2. The van der Waals surface area contributed by atoms with E-state index in [0.29, 0.717) is 38.0 Å². The number of halogens is 2. The number of hydrogen-bond donors (Lipinski definition) is 1. The molecule has 39 heavy (non-hydrogen) atoms. The highest BCUT2D eigenvalue weighted by molar-refractivity contribution is 5.94. The van der Waals surface area contributed by atoms with E-state index < -0.39 is 5.92 Å². The number of aromatic amines is 1. The molecular weight excluding hydrogens is 498 g/mol. The summed E-state index contributed by atoms with van der Waals surface area (Å²) in [5.41, 5.74) is 4.62. The molecule has 1 atom stereocenters. The van der Waals surface area contributed by atoms with Gasteiger partial charge in [-0.15, -0.1) is 0 Å². The molecule has 204 valence electrons. The number of aryl methyl sites for hydroxylation is 1. The zero-order chi connectivity index (χ0) is 27.4. The van der Waals surface area contributed by atoms with Gasteiger partial charge in [-0.2, -0.15) is 5.26 Å². The Morgan fingerprint density at radius 1 is 1.21 bits per heavy atom. The van der Waals surface area contributed by atoms with Gasteiger partial charge in [0.25, 0.3) is 5.91 Å². The number of ether oxygens (including phenoxy) is 1. The van der Waals surface area contributed by atoms with Crippen LogP contribution in [-0.2, 0) is 6.54 Å². The van der Waals surface area contributed by atoms with E-state index in [-0.39, 0.29) is 36.1 Å². The Labute approximate surface area is 227 Å². The molecule has 0 bridgehead atoms. The molecule has 3 heterocycles. The number of alkyl halides is 2. The van der Waals surface area contributed by atoms with E-state index in [1.807, 2.05) is 30.5 Å². The van der Waals surface area contributed by atoms with Crippen LogP contribution in [0.15, 0.2) is 42.6 Å². The molecule has 3 aromatic rings. The summed E-state index contributed by atoms with van der Waals surface area (Å²) in [5.74, 6) is -1.50. The number of aromatic nitrogens is 1. The first-order chi connectivity index (χ1) is 18.7. The predicted octanol–water partition coefficient (Wildman–Crippen LogP) is 6.22. The molecule has 1 aromatic heterocycles. The van der Waals surface area contributed by atoms with Crippen LogP contribution >= 0.6 is 0 Å². The molecule has 2 aliphatic heterocycles. The topological polar surface area (TPSA) is 72.4 Å². The maximum atomic E-state index is 14.1. The van der Waals surface area contributed by atoms with Crippen molar-refractivity contribution in [3.63, 3.8) is 0 Å². The fourth-order valence-electron chi connectivity index (χ4n) is 7.07. The van der Waals surface area contributed by atoms with Gasteiger partial charge >= 0.3 is 0 Å². The summed E-state index contributed by atoms with van der Waals surface area (Å²) in [6.45, 7) is 4.66. The Hall–Kier alpha value is -3.44. The summed E-state index contributed by atoms with van der Waals surface area (Å²) >= 11 is 0. The normalized spacial score (nSPS) is 22.3. The maximum absolute atomic E-state index is 14.1. The number of methoxy groups -OCH3 is 1. The molecule has 0 radical (unpaired) electrons. The number of carbonyl (C=O) groups excluding carboxylic acids is 1. The lowest BCUT2D eigenvalue weighted by atomic mass is 9.59. The van der Waals surface area contributed by atoms with Gasteiger partial charge in [-0.05, 0) is 67.1 Å². The highest BCUT2D eigenvalue weighted by Gasteiger charge is 2.58. The van der Waals surface area contributed by atoms with Gasteiger partial charge in [-0.25, -0.2) is 8.78 Å². The van der Waals surface area contributed by atoms with Crippen LogP contribution in [-0.4, -0.2) is 53.4 Å². The van der Waals surface area contributed by atoms with Gasteiger partial charge in [0.15, 0.2) is 0 Å². The second-order valence-electron chi connectivity index (χ2n) is 11.9. The zero-order valence-corrected chi connectivity index (χ0v) is 22.5. The number of nitrogens with one attached hydrogen (secondary N) is 1. The lowest BCUT2D eigenvalue weighted by Crippen LogP contribution is -2.53. The van der Waals surface area contributed by atoms with E-state index in [2.05, 4.69) is 35.0 Å². The first-order valence-electron chi connectivity index (χ1n) is 13.7. The number of rotatable bonds is 6. The standard InChI is InChI=1S/C31H34F2N4O2/c1-20-13-27(39-2)25(24-8-11-35-28(20)24)17-36-12-9-30(18-31(32,33)19-30)14-26(36)22-3-5-23(6-4-22)29(38)37-15-21(16-37)7-10-34/h3-6,8,11,13,21,26,35H,7,9,12,14-19H2,1-2H3/t26-/m0/s1. The number of likely N-dealkylation sites (tertiary alicyclic amines) is 2. The fourth-order valence-corrected chi connectivity index (χ4v) is 7.07. The third-order valence-corrected chi connectivity index (χ3v) is 9.12. The number of benzene rings is 2. The first kappa shape index (κ1) is 25.8. The molecular formula is C31H34F2N4O2. The van der Waals surface area contributed by atoms with Crippen LogP contribution in [0.3, 0.4) is 0 Å². The van der Waals surface area contributed by atoms with Crippen molar-refractivity contribution in [1.29, 1.82) is 5.26 Å². The van der Waals surface area contributed by atoms with E-state index in [1.54, 1.807) is 12.0 Å². The van der Waals surface area contributed by atoms with Gasteiger partial charge in [-0.3, -0.25) is 9.69 Å². The van der Waals surface area contributed by atoms with E-state index in [4.69, 9.17) is 10.00 Å². The fraction of sp³-hybridized carbons (Fsp3) is 0.484. The van der Waals surface area contributed by atoms with Crippen molar-refractivity contribution in [2.24, 2.45) is 11.3 Å². The molecule has 1 aliphatic carbocycles. The lowest BCUT2D eigenvalue weighted by Gasteiger charge is -2.54. The number of fused-ring (bicyclic) bond motifs is 1. The van der Waals surface area contributed by atoms with Crippen LogP contribution in [0.2, 0.25) is 0 Å². The molecule has 1 N–H and O–H groups in total. The highest BCUT2D eigenvalue weighted by atomic mass is 19.3. The number of nitriles is 1. The molecule has 2 saturated heterocycles. The molecule has 6 nitrogen and oxygen atoms in total. The average Bonchev–Trinajstić information content (AvgIpc) is 3.38. The summed E-state index contributed by atoms with van der Waals surface area (Å²) in [5, 5.41) is 9.99. The van der Waals surface area contributed by atoms with Crippen LogP contribution in [0.1, 0.15) is 65.2 Å². The number of piperidine rings is 1. The zero-order valence-electron chi connectivity index (χ0n) is 22.5. The van der Waals surface area contributed by atoms with Crippen molar-refractivity contribution in [3.05, 3.63) is 64.8 Å². The van der Waals surface area contributed by atoms with E-state index in [9.17, 15) is 13.6 Å². The van der Waals surface area contributed by atoms with Crippen molar-refractivity contribution >= 4 is 16.8 Å². The van der Waals surface area contributed by atoms with Crippen molar-refractivity contribution in [2.75, 3.05) is 26.7 Å². The Balaban J connectivity index is 1.27. The molecule has 3 aliphatic rings. The molecule has 1 spiro atoms. The number of hydrogen-bond acceptors (Lipinski definition) is 4. The second-order valence-corrected chi connectivity index (χ2v) is 11.9. The Kier molecular flexibility index (Phi) is 6.38. The summed E-state index contributed by atoms with van der Waals surface area (Å²) < 4.78 is 33.9. The Morgan fingerprint density at radius 2 is 1.95 bits per heavy atom. The van der Waals surface area contributed by atoms with E-state index in [0.717, 1.165) is 46.3 Å². The van der Waals surface area contributed by atoms with Crippen molar-refractivity contribution in [1.82, 2.24) is 14.8 Å². The number of nitrogens with zero attached hydrogens (tertiary/aromatic N) is 3. The number of carbonyl (C=O) groups is 1. The highest BCUT2D eigenvalue weighted by Crippen LogP contribution is 2.60. The van der Waals surface area contributed by atoms with Crippen molar-refractivity contribution in [3.8, 4) is 11.8 Å². The van der Waals surface area contributed by atoms with Gasteiger partial charge in [0.2, 0.25) is 5.92 Å². The van der Waals surface area contributed by atoms with Crippen LogP contribution in [0.4, 0.5) is 8.78 Å². The molecule has 6 rings (SSSR count). The van der Waals surface area contributed by atoms with Gasteiger partial charge in [-0.1, -0.05) is 12.1 Å². The molecule has 3 fully saturated rings. The maximum Gasteiger partial charge on any atom is 0.253 e. The quantitative estimate of drug-likeness (QED) is 0.409. The molecule has 1 amide bonds. The van der Waals surface area contributed by atoms with Gasteiger partial charge in [0, 0.05) is 79.1 Å². The lowest BCUT2D eigenvalue weighted by molar-refractivity contribution is -0.186. The minimum atomic E-state index is -2.57. The summed E-state index contributed by atoms with van der Waals surface area (Å²) in [6.07, 6.45) is 3.74. The molecule has 8 heteroatoms. The number of amides is 1. The summed E-state index contributed by atoms with van der Waals surface area (Å²) in [6, 6.07) is 14.0. The largest absolute Gasteiger partial charge is 0.496 e.